The number of anilines is 1. The molecule has 0 aromatic heterocycles. The van der Waals surface area contributed by atoms with E-state index in [0.29, 0.717) is 32.5 Å². The molecule has 1 aliphatic heterocycles. The lowest BCUT2D eigenvalue weighted by molar-refractivity contribution is -0.143. The molecule has 0 spiro atoms. The van der Waals surface area contributed by atoms with Crippen LogP contribution in [0, 0.1) is 0 Å². The third-order valence-corrected chi connectivity index (χ3v) is 7.67. The maximum absolute atomic E-state index is 11.1. The molecule has 0 radical (unpaired) electrons. The first-order valence-corrected chi connectivity index (χ1v) is 16.4. The van der Waals surface area contributed by atoms with E-state index in [1.165, 1.54) is 32.1 Å². The average molecular weight is 614 g/mol. The number of hydrogen-bond donors (Lipinski definition) is 0. The molecule has 3 aromatic rings. The number of azo groups is 2. The van der Waals surface area contributed by atoms with Crippen molar-refractivity contribution in [3.05, 3.63) is 72.8 Å². The summed E-state index contributed by atoms with van der Waals surface area (Å²) >= 11 is 0. The van der Waals surface area contributed by atoms with Gasteiger partial charge in [-0.3, -0.25) is 4.79 Å². The summed E-state index contributed by atoms with van der Waals surface area (Å²) in [6.45, 7) is 6.80. The van der Waals surface area contributed by atoms with E-state index < -0.39 is 0 Å². The molecule has 0 N–H and O–H groups in total. The first kappa shape index (κ1) is 33.8. The lowest BCUT2D eigenvalue weighted by Crippen LogP contribution is -2.20. The Kier molecular flexibility index (Phi) is 14.5. The van der Waals surface area contributed by atoms with Gasteiger partial charge < -0.3 is 19.1 Å². The van der Waals surface area contributed by atoms with Gasteiger partial charge in [0.15, 0.2) is 0 Å². The Morgan fingerprint density at radius 1 is 0.689 bits per heavy atom. The van der Waals surface area contributed by atoms with E-state index >= 15 is 0 Å². The molecule has 1 atom stereocenters. The number of ether oxygens (including phenoxy) is 3. The van der Waals surface area contributed by atoms with Crippen molar-refractivity contribution in [1.82, 2.24) is 0 Å². The number of carbonyl (C=O) groups is 1. The third-order valence-electron chi connectivity index (χ3n) is 7.67. The summed E-state index contributed by atoms with van der Waals surface area (Å²) in [6, 6.07) is 23.3. The molecule has 1 fully saturated rings. The fourth-order valence-corrected chi connectivity index (χ4v) is 4.87. The van der Waals surface area contributed by atoms with Crippen LogP contribution in [0.2, 0.25) is 0 Å². The highest BCUT2D eigenvalue weighted by Gasteiger charge is 2.21. The largest absolute Gasteiger partial charge is 0.494 e. The van der Waals surface area contributed by atoms with Crippen molar-refractivity contribution >= 4 is 34.4 Å². The van der Waals surface area contributed by atoms with Crippen LogP contribution in [0.15, 0.2) is 93.3 Å². The second-order valence-electron chi connectivity index (χ2n) is 11.2. The first-order valence-electron chi connectivity index (χ1n) is 16.4. The minimum absolute atomic E-state index is 0.103. The zero-order valence-corrected chi connectivity index (χ0v) is 26.8. The van der Waals surface area contributed by atoms with Gasteiger partial charge in [0.05, 0.1) is 42.1 Å². The Morgan fingerprint density at radius 2 is 1.16 bits per heavy atom. The van der Waals surface area contributed by atoms with Crippen molar-refractivity contribution in [3.63, 3.8) is 0 Å². The molecule has 1 unspecified atom stereocenters. The molecule has 0 amide bonds. The maximum Gasteiger partial charge on any atom is 0.305 e. The SMILES string of the molecule is CCC(=O)OCCCCCCCCCCOc1ccc(N=Nc2ccc(N=Nc3ccc(N4COC(CC)C4)cc3)cc2)cc1. The Labute approximate surface area is 267 Å². The number of nitrogens with zero attached hydrogens (tertiary/aromatic N) is 5. The first-order chi connectivity index (χ1) is 22.1. The molecule has 9 heteroatoms. The molecule has 1 saturated heterocycles. The van der Waals surface area contributed by atoms with Crippen LogP contribution in [0.5, 0.6) is 5.75 Å². The highest BCUT2D eigenvalue weighted by atomic mass is 16.5. The van der Waals surface area contributed by atoms with Crippen LogP contribution in [-0.2, 0) is 14.3 Å². The molecule has 4 rings (SSSR count). The summed E-state index contributed by atoms with van der Waals surface area (Å²) in [5.74, 6) is 0.742. The molecule has 3 aromatic carbocycles. The summed E-state index contributed by atoms with van der Waals surface area (Å²) in [5, 5.41) is 17.4. The molecular weight excluding hydrogens is 566 g/mol. The summed E-state index contributed by atoms with van der Waals surface area (Å²) in [6.07, 6.45) is 11.0. The molecule has 0 aliphatic carbocycles. The number of esters is 1. The Balaban J connectivity index is 1.08. The molecular formula is C36H47N5O4. The fourth-order valence-electron chi connectivity index (χ4n) is 4.87. The van der Waals surface area contributed by atoms with Crippen LogP contribution in [0.4, 0.5) is 28.4 Å². The Hall–Kier alpha value is -4.11. The topological polar surface area (TPSA) is 97.4 Å². The van der Waals surface area contributed by atoms with Crippen LogP contribution in [0.3, 0.4) is 0 Å². The summed E-state index contributed by atoms with van der Waals surface area (Å²) in [7, 11) is 0. The number of hydrogen-bond acceptors (Lipinski definition) is 9. The normalized spacial score (nSPS) is 14.9. The van der Waals surface area contributed by atoms with E-state index in [1.54, 1.807) is 0 Å². The van der Waals surface area contributed by atoms with Gasteiger partial charge in [0.25, 0.3) is 0 Å². The highest BCUT2D eigenvalue weighted by Crippen LogP contribution is 2.27. The summed E-state index contributed by atoms with van der Waals surface area (Å²) in [5.41, 5.74) is 4.20. The predicted octanol–water partition coefficient (Wildman–Crippen LogP) is 10.5. The van der Waals surface area contributed by atoms with Crippen LogP contribution in [0.1, 0.15) is 78.1 Å². The van der Waals surface area contributed by atoms with Crippen LogP contribution < -0.4 is 9.64 Å². The maximum atomic E-state index is 11.1. The van der Waals surface area contributed by atoms with Crippen molar-refractivity contribution in [1.29, 1.82) is 0 Å². The van der Waals surface area contributed by atoms with Gasteiger partial charge in [-0.1, -0.05) is 52.4 Å². The molecule has 0 saturated carbocycles. The number of carbonyl (C=O) groups excluding carboxylic acids is 1. The Bertz CT molecular complexity index is 1330. The van der Waals surface area contributed by atoms with E-state index in [9.17, 15) is 4.79 Å². The van der Waals surface area contributed by atoms with Crippen molar-refractivity contribution in [3.8, 4) is 5.75 Å². The quantitative estimate of drug-likeness (QED) is 0.0761. The molecule has 0 bridgehead atoms. The molecule has 1 heterocycles. The minimum Gasteiger partial charge on any atom is -0.494 e. The number of benzene rings is 3. The van der Waals surface area contributed by atoms with Gasteiger partial charge in [-0.2, -0.15) is 20.5 Å². The zero-order valence-electron chi connectivity index (χ0n) is 26.8. The van der Waals surface area contributed by atoms with Gasteiger partial charge in [0.1, 0.15) is 12.5 Å². The van der Waals surface area contributed by atoms with Crippen molar-refractivity contribution in [2.24, 2.45) is 20.5 Å². The molecule has 45 heavy (non-hydrogen) atoms. The third kappa shape index (κ3) is 12.4. The molecule has 240 valence electrons. The van der Waals surface area contributed by atoms with Crippen molar-refractivity contribution in [2.45, 2.75) is 84.2 Å². The van der Waals surface area contributed by atoms with Crippen molar-refractivity contribution < 1.29 is 19.0 Å². The van der Waals surface area contributed by atoms with E-state index in [0.717, 1.165) is 66.4 Å². The fraction of sp³-hybridized carbons (Fsp3) is 0.472. The van der Waals surface area contributed by atoms with Gasteiger partial charge in [0.2, 0.25) is 0 Å². The van der Waals surface area contributed by atoms with E-state index in [4.69, 9.17) is 14.2 Å². The lowest BCUT2D eigenvalue weighted by Gasteiger charge is -2.15. The minimum atomic E-state index is -0.103. The van der Waals surface area contributed by atoms with Gasteiger partial charge in [-0.05, 0) is 92.1 Å². The monoisotopic (exact) mass is 613 g/mol. The number of rotatable bonds is 19. The van der Waals surface area contributed by atoms with Gasteiger partial charge >= 0.3 is 5.97 Å². The van der Waals surface area contributed by atoms with E-state index in [1.807, 2.05) is 67.6 Å². The second-order valence-corrected chi connectivity index (χ2v) is 11.2. The molecule has 1 aliphatic rings. The summed E-state index contributed by atoms with van der Waals surface area (Å²) < 4.78 is 16.8. The van der Waals surface area contributed by atoms with Crippen LogP contribution >= 0.6 is 0 Å². The lowest BCUT2D eigenvalue weighted by atomic mass is 10.1. The van der Waals surface area contributed by atoms with Crippen LogP contribution in [-0.4, -0.2) is 38.6 Å². The average Bonchev–Trinajstić information content (AvgIpc) is 3.57. The molecule has 9 nitrogen and oxygen atoms in total. The number of unbranched alkanes of at least 4 members (excludes halogenated alkanes) is 7. The van der Waals surface area contributed by atoms with Crippen molar-refractivity contribution in [2.75, 3.05) is 31.4 Å². The standard InChI is InChI=1S/C36H47N5O4/c1-3-34-27-41(28-45-34)33-21-17-31(18-22-33)39-37-29-13-15-30(16-14-29)38-40-32-19-23-35(24-20-32)43-25-11-9-7-5-6-8-10-12-26-44-36(42)4-2/h13-24,34H,3-12,25-28H2,1-2H3. The van der Waals surface area contributed by atoms with Gasteiger partial charge in [-0.15, -0.1) is 0 Å². The zero-order chi connectivity index (χ0) is 31.5. The van der Waals surface area contributed by atoms with Gasteiger partial charge in [-0.25, -0.2) is 0 Å². The Morgan fingerprint density at radius 3 is 1.64 bits per heavy atom. The van der Waals surface area contributed by atoms with Gasteiger partial charge in [0, 0.05) is 18.7 Å². The second kappa shape index (κ2) is 19.3. The highest BCUT2D eigenvalue weighted by molar-refractivity contribution is 5.68. The van der Waals surface area contributed by atoms with E-state index in [-0.39, 0.29) is 5.97 Å². The van der Waals surface area contributed by atoms with E-state index in [2.05, 4.69) is 44.4 Å². The smallest absolute Gasteiger partial charge is 0.305 e. The summed E-state index contributed by atoms with van der Waals surface area (Å²) in [4.78, 5) is 13.3. The predicted molar refractivity (Wildman–Crippen MR) is 179 cm³/mol. The van der Waals surface area contributed by atoms with Crippen LogP contribution in [0.25, 0.3) is 0 Å².